The second kappa shape index (κ2) is 8.09. The van der Waals surface area contributed by atoms with Gasteiger partial charge in [-0.25, -0.2) is 8.42 Å². The van der Waals surface area contributed by atoms with Gasteiger partial charge in [-0.1, -0.05) is 15.9 Å². The average Bonchev–Trinajstić information content (AvgIpc) is 3.27. The van der Waals surface area contributed by atoms with Gasteiger partial charge in [-0.05, 0) is 59.8 Å². The van der Waals surface area contributed by atoms with Gasteiger partial charge in [-0.15, -0.1) is 0 Å². The van der Waals surface area contributed by atoms with Crippen molar-refractivity contribution in [2.24, 2.45) is 5.92 Å². The zero-order valence-corrected chi connectivity index (χ0v) is 16.8. The molecule has 2 rings (SSSR count). The Bertz CT molecular complexity index is 674. The number of nitrogens with zero attached hydrogens (tertiary/aromatic N) is 1. The Hall–Kier alpha value is -0.440. The normalized spacial score (nSPS) is 15.0. The van der Waals surface area contributed by atoms with Crippen molar-refractivity contribution < 1.29 is 17.9 Å². The molecular weight excluding hydrogens is 450 g/mol. The van der Waals surface area contributed by atoms with Gasteiger partial charge in [-0.2, -0.15) is 4.31 Å². The standard InChI is InChI=1S/C15H19Br2NO4S/c1-2-22-15(19)7-8-18(10-11-3-4-11)23(20,21)14-6-5-12(16)9-13(14)17/h5-6,9,11H,2-4,7-8,10H2,1H3. The lowest BCUT2D eigenvalue weighted by atomic mass is 10.4. The van der Waals surface area contributed by atoms with E-state index in [9.17, 15) is 13.2 Å². The molecule has 0 bridgehead atoms. The monoisotopic (exact) mass is 467 g/mol. The number of hydrogen-bond donors (Lipinski definition) is 0. The molecule has 0 atom stereocenters. The van der Waals surface area contributed by atoms with Crippen LogP contribution in [-0.2, 0) is 19.6 Å². The number of esters is 1. The number of hydrogen-bond acceptors (Lipinski definition) is 4. The van der Waals surface area contributed by atoms with E-state index in [1.807, 2.05) is 0 Å². The molecule has 1 aliphatic carbocycles. The van der Waals surface area contributed by atoms with Crippen LogP contribution in [0.4, 0.5) is 0 Å². The molecule has 0 heterocycles. The zero-order chi connectivity index (χ0) is 17.0. The van der Waals surface area contributed by atoms with Crippen LogP contribution in [-0.4, -0.2) is 38.4 Å². The molecule has 5 nitrogen and oxygen atoms in total. The Morgan fingerprint density at radius 1 is 1.35 bits per heavy atom. The summed E-state index contributed by atoms with van der Waals surface area (Å²) in [7, 11) is -3.66. The summed E-state index contributed by atoms with van der Waals surface area (Å²) in [6.07, 6.45) is 2.13. The second-order valence-corrected chi connectivity index (χ2v) is 9.11. The van der Waals surface area contributed by atoms with Crippen molar-refractivity contribution in [3.63, 3.8) is 0 Å². The van der Waals surface area contributed by atoms with Crippen molar-refractivity contribution in [3.05, 3.63) is 27.1 Å². The quantitative estimate of drug-likeness (QED) is 0.547. The fourth-order valence-electron chi connectivity index (χ4n) is 2.17. The van der Waals surface area contributed by atoms with E-state index in [1.165, 1.54) is 4.31 Å². The Morgan fingerprint density at radius 3 is 2.61 bits per heavy atom. The lowest BCUT2D eigenvalue weighted by Gasteiger charge is -2.22. The molecule has 1 fully saturated rings. The second-order valence-electron chi connectivity index (χ2n) is 5.44. The van der Waals surface area contributed by atoms with E-state index in [1.54, 1.807) is 25.1 Å². The molecule has 1 aromatic carbocycles. The molecule has 128 valence electrons. The van der Waals surface area contributed by atoms with Gasteiger partial charge in [0.2, 0.25) is 10.0 Å². The Balaban J connectivity index is 2.20. The summed E-state index contributed by atoms with van der Waals surface area (Å²) in [5.41, 5.74) is 0. The third-order valence-corrected chi connectivity index (χ3v) is 6.88. The summed E-state index contributed by atoms with van der Waals surface area (Å²) in [6, 6.07) is 4.96. The highest BCUT2D eigenvalue weighted by atomic mass is 79.9. The molecule has 0 amide bonds. The van der Waals surface area contributed by atoms with Crippen molar-refractivity contribution in [2.75, 3.05) is 19.7 Å². The van der Waals surface area contributed by atoms with Crippen LogP contribution < -0.4 is 0 Å². The Labute approximate surface area is 153 Å². The summed E-state index contributed by atoms with van der Waals surface area (Å²) in [4.78, 5) is 11.8. The van der Waals surface area contributed by atoms with Gasteiger partial charge >= 0.3 is 5.97 Å². The van der Waals surface area contributed by atoms with Gasteiger partial charge in [0, 0.05) is 22.0 Å². The number of sulfonamides is 1. The first-order valence-corrected chi connectivity index (χ1v) is 10.5. The third-order valence-electron chi connectivity index (χ3n) is 3.54. The third kappa shape index (κ3) is 5.27. The summed E-state index contributed by atoms with van der Waals surface area (Å²) >= 11 is 6.63. The van der Waals surface area contributed by atoms with Gasteiger partial charge in [0.05, 0.1) is 17.9 Å². The van der Waals surface area contributed by atoms with Gasteiger partial charge in [0.25, 0.3) is 0 Å². The van der Waals surface area contributed by atoms with Crippen LogP contribution in [0.15, 0.2) is 32.0 Å². The van der Waals surface area contributed by atoms with Crippen LogP contribution in [0.5, 0.6) is 0 Å². The molecule has 0 spiro atoms. The Kier molecular flexibility index (Phi) is 6.65. The first kappa shape index (κ1) is 18.9. The first-order chi connectivity index (χ1) is 10.8. The smallest absolute Gasteiger partial charge is 0.307 e. The number of carbonyl (C=O) groups excluding carboxylic acids is 1. The molecule has 1 aliphatic rings. The first-order valence-electron chi connectivity index (χ1n) is 7.45. The highest BCUT2D eigenvalue weighted by Crippen LogP contribution is 2.33. The predicted octanol–water partition coefficient (Wildman–Crippen LogP) is 3.57. The molecule has 0 aromatic heterocycles. The van der Waals surface area contributed by atoms with Crippen molar-refractivity contribution >= 4 is 47.9 Å². The summed E-state index contributed by atoms with van der Waals surface area (Å²) in [5, 5.41) is 0. The molecule has 23 heavy (non-hydrogen) atoms. The van der Waals surface area contributed by atoms with Crippen LogP contribution in [0.25, 0.3) is 0 Å². The fourth-order valence-corrected chi connectivity index (χ4v) is 5.39. The van der Waals surface area contributed by atoms with E-state index in [2.05, 4.69) is 31.9 Å². The van der Waals surface area contributed by atoms with Gasteiger partial charge in [-0.3, -0.25) is 4.79 Å². The number of halogens is 2. The highest BCUT2D eigenvalue weighted by molar-refractivity contribution is 9.11. The molecular formula is C15H19Br2NO4S. The predicted molar refractivity (Wildman–Crippen MR) is 94.6 cm³/mol. The molecule has 0 aliphatic heterocycles. The zero-order valence-electron chi connectivity index (χ0n) is 12.8. The summed E-state index contributed by atoms with van der Waals surface area (Å²) in [5.74, 6) is 0.0135. The van der Waals surface area contributed by atoms with Gasteiger partial charge in [0.15, 0.2) is 0 Å². The maximum atomic E-state index is 12.9. The number of benzene rings is 1. The lowest BCUT2D eigenvalue weighted by Crippen LogP contribution is -2.35. The van der Waals surface area contributed by atoms with Crippen molar-refractivity contribution in [1.29, 1.82) is 0 Å². The number of ether oxygens (including phenoxy) is 1. The van der Waals surface area contributed by atoms with E-state index in [-0.39, 0.29) is 23.8 Å². The molecule has 0 N–H and O–H groups in total. The number of rotatable bonds is 8. The summed E-state index contributed by atoms with van der Waals surface area (Å²) < 4.78 is 33.4. The average molecular weight is 469 g/mol. The molecule has 0 unspecified atom stereocenters. The molecule has 8 heteroatoms. The number of carbonyl (C=O) groups is 1. The SMILES string of the molecule is CCOC(=O)CCN(CC1CC1)S(=O)(=O)c1ccc(Br)cc1Br. The fraction of sp³-hybridized carbons (Fsp3) is 0.533. The lowest BCUT2D eigenvalue weighted by molar-refractivity contribution is -0.143. The highest BCUT2D eigenvalue weighted by Gasteiger charge is 2.33. The molecule has 0 radical (unpaired) electrons. The maximum absolute atomic E-state index is 12.9. The van der Waals surface area contributed by atoms with Crippen LogP contribution >= 0.6 is 31.9 Å². The van der Waals surface area contributed by atoms with Crippen LogP contribution in [0.1, 0.15) is 26.2 Å². The van der Waals surface area contributed by atoms with E-state index in [4.69, 9.17) is 4.74 Å². The van der Waals surface area contributed by atoms with Crippen molar-refractivity contribution in [3.8, 4) is 0 Å². The minimum atomic E-state index is -3.66. The minimum Gasteiger partial charge on any atom is -0.466 e. The van der Waals surface area contributed by atoms with E-state index in [0.29, 0.717) is 23.5 Å². The van der Waals surface area contributed by atoms with Crippen molar-refractivity contribution in [1.82, 2.24) is 4.31 Å². The molecule has 0 saturated heterocycles. The van der Waals surface area contributed by atoms with Gasteiger partial charge < -0.3 is 4.74 Å². The van der Waals surface area contributed by atoms with Crippen LogP contribution in [0, 0.1) is 5.92 Å². The maximum Gasteiger partial charge on any atom is 0.307 e. The largest absolute Gasteiger partial charge is 0.466 e. The molecule has 1 saturated carbocycles. The van der Waals surface area contributed by atoms with E-state index < -0.39 is 10.0 Å². The van der Waals surface area contributed by atoms with Crippen molar-refractivity contribution in [2.45, 2.75) is 31.1 Å². The van der Waals surface area contributed by atoms with E-state index >= 15 is 0 Å². The van der Waals surface area contributed by atoms with Crippen LogP contribution in [0.3, 0.4) is 0 Å². The van der Waals surface area contributed by atoms with Gasteiger partial charge in [0.1, 0.15) is 0 Å². The summed E-state index contributed by atoms with van der Waals surface area (Å²) in [6.45, 7) is 2.62. The topological polar surface area (TPSA) is 63.7 Å². The van der Waals surface area contributed by atoms with Crippen LogP contribution in [0.2, 0.25) is 0 Å². The molecule has 1 aromatic rings. The Morgan fingerprint density at radius 2 is 2.04 bits per heavy atom. The minimum absolute atomic E-state index is 0.0634. The van der Waals surface area contributed by atoms with E-state index in [0.717, 1.165) is 17.3 Å².